The van der Waals surface area contributed by atoms with Gasteiger partial charge in [-0.05, 0) is 46.7 Å². The molecule has 3 N–H and O–H groups in total. The van der Waals surface area contributed by atoms with E-state index in [4.69, 9.17) is 0 Å². The van der Waals surface area contributed by atoms with Crippen LogP contribution in [0.5, 0.6) is 0 Å². The minimum absolute atomic E-state index is 0.0170. The third-order valence-corrected chi connectivity index (χ3v) is 7.44. The summed E-state index contributed by atoms with van der Waals surface area (Å²) in [5, 5.41) is 7.07. The van der Waals surface area contributed by atoms with Gasteiger partial charge in [-0.1, -0.05) is 51.1 Å². The molecular formula is C23H25N3O4S2. The van der Waals surface area contributed by atoms with Crippen LogP contribution in [0.3, 0.4) is 0 Å². The molecule has 0 saturated heterocycles. The Hall–Kier alpha value is -3.01. The lowest BCUT2D eigenvalue weighted by atomic mass is 9.87. The summed E-state index contributed by atoms with van der Waals surface area (Å²) in [7, 11) is -3.75. The van der Waals surface area contributed by atoms with Crippen molar-refractivity contribution in [3.63, 3.8) is 0 Å². The Bertz CT molecular complexity index is 1200. The molecule has 0 aliphatic rings. The fourth-order valence-corrected chi connectivity index (χ4v) is 4.88. The standard InChI is InChI=1S/C23H25N3O4S2/c1-23(2,3)17-12-10-16(11-13-17)22(28)26-19-8-5-4-7-18(19)25-20(27)15-24-32(29,30)21-9-6-14-31-21/h4-14,24H,15H2,1-3H3,(H,25,27)(H,26,28). The van der Waals surface area contributed by atoms with E-state index in [2.05, 4.69) is 36.1 Å². The first kappa shape index (κ1) is 23.6. The van der Waals surface area contributed by atoms with Crippen LogP contribution in [0.1, 0.15) is 36.7 Å². The first-order valence-corrected chi connectivity index (χ1v) is 12.3. The molecule has 3 rings (SSSR count). The Kier molecular flexibility index (Phi) is 7.12. The fourth-order valence-electron chi connectivity index (χ4n) is 2.86. The zero-order chi connectivity index (χ0) is 23.4. The highest BCUT2D eigenvalue weighted by atomic mass is 32.2. The number of hydrogen-bond donors (Lipinski definition) is 3. The molecule has 0 unspecified atom stereocenters. The van der Waals surface area contributed by atoms with Crippen LogP contribution in [0.15, 0.2) is 70.3 Å². The topological polar surface area (TPSA) is 104 Å². The van der Waals surface area contributed by atoms with Crippen molar-refractivity contribution in [2.45, 2.75) is 30.4 Å². The Morgan fingerprint density at radius 1 is 0.875 bits per heavy atom. The highest BCUT2D eigenvalue weighted by molar-refractivity contribution is 7.91. The van der Waals surface area contributed by atoms with Crippen molar-refractivity contribution in [3.05, 3.63) is 77.2 Å². The Balaban J connectivity index is 1.65. The normalized spacial score (nSPS) is 11.7. The van der Waals surface area contributed by atoms with E-state index in [1.54, 1.807) is 47.8 Å². The third kappa shape index (κ3) is 6.03. The fraction of sp³-hybridized carbons (Fsp3) is 0.217. The zero-order valence-corrected chi connectivity index (χ0v) is 19.6. The van der Waals surface area contributed by atoms with Gasteiger partial charge >= 0.3 is 0 Å². The number of benzene rings is 2. The van der Waals surface area contributed by atoms with E-state index in [1.165, 1.54) is 6.07 Å². The molecule has 0 radical (unpaired) electrons. The van der Waals surface area contributed by atoms with Gasteiger partial charge in [0.05, 0.1) is 17.9 Å². The summed E-state index contributed by atoms with van der Waals surface area (Å²) in [5.41, 5.74) is 2.37. The number of carbonyl (C=O) groups is 2. The van der Waals surface area contributed by atoms with Gasteiger partial charge in [0, 0.05) is 5.56 Å². The number of nitrogens with one attached hydrogen (secondary N) is 3. The van der Waals surface area contributed by atoms with E-state index in [1.807, 2.05) is 12.1 Å². The maximum atomic E-state index is 12.7. The van der Waals surface area contributed by atoms with Gasteiger partial charge in [-0.15, -0.1) is 11.3 Å². The molecule has 0 aliphatic carbocycles. The van der Waals surface area contributed by atoms with E-state index in [0.717, 1.165) is 16.9 Å². The monoisotopic (exact) mass is 471 g/mol. The number of para-hydroxylation sites is 2. The molecule has 32 heavy (non-hydrogen) atoms. The lowest BCUT2D eigenvalue weighted by molar-refractivity contribution is -0.115. The van der Waals surface area contributed by atoms with Crippen molar-refractivity contribution >= 4 is 44.5 Å². The van der Waals surface area contributed by atoms with E-state index in [9.17, 15) is 18.0 Å². The van der Waals surface area contributed by atoms with Crippen LogP contribution >= 0.6 is 11.3 Å². The lowest BCUT2D eigenvalue weighted by Gasteiger charge is -2.19. The maximum Gasteiger partial charge on any atom is 0.255 e. The van der Waals surface area contributed by atoms with E-state index in [-0.39, 0.29) is 15.5 Å². The summed E-state index contributed by atoms with van der Waals surface area (Å²) in [5.74, 6) is -0.869. The van der Waals surface area contributed by atoms with Crippen molar-refractivity contribution in [2.75, 3.05) is 17.2 Å². The summed E-state index contributed by atoms with van der Waals surface area (Å²) < 4.78 is 26.7. The van der Waals surface area contributed by atoms with Crippen molar-refractivity contribution in [3.8, 4) is 0 Å². The quantitative estimate of drug-likeness (QED) is 0.480. The minimum atomic E-state index is -3.75. The van der Waals surface area contributed by atoms with Gasteiger partial charge in [0.1, 0.15) is 4.21 Å². The van der Waals surface area contributed by atoms with Crippen LogP contribution in [0.25, 0.3) is 0 Å². The van der Waals surface area contributed by atoms with Crippen molar-refractivity contribution in [1.29, 1.82) is 0 Å². The van der Waals surface area contributed by atoms with Gasteiger partial charge in [-0.3, -0.25) is 9.59 Å². The molecule has 0 aliphatic heterocycles. The molecule has 1 heterocycles. The summed E-state index contributed by atoms with van der Waals surface area (Å²) >= 11 is 1.07. The van der Waals surface area contributed by atoms with Crippen molar-refractivity contribution in [2.24, 2.45) is 0 Å². The summed E-state index contributed by atoms with van der Waals surface area (Å²) in [6.45, 7) is 5.86. The van der Waals surface area contributed by atoms with Crippen molar-refractivity contribution < 1.29 is 18.0 Å². The van der Waals surface area contributed by atoms with Gasteiger partial charge < -0.3 is 10.6 Å². The maximum absolute atomic E-state index is 12.7. The van der Waals surface area contributed by atoms with Gasteiger partial charge in [-0.25, -0.2) is 13.1 Å². The lowest BCUT2D eigenvalue weighted by Crippen LogP contribution is -2.32. The number of sulfonamides is 1. The molecule has 0 saturated carbocycles. The van der Waals surface area contributed by atoms with Crippen LogP contribution in [0.2, 0.25) is 0 Å². The molecule has 1 aromatic heterocycles. The molecule has 9 heteroatoms. The van der Waals surface area contributed by atoms with Gasteiger partial charge in [0.25, 0.3) is 15.9 Å². The number of amides is 2. The first-order valence-electron chi connectivity index (χ1n) is 9.90. The second-order valence-electron chi connectivity index (χ2n) is 8.13. The number of anilines is 2. The number of carbonyl (C=O) groups excluding carboxylic acids is 2. The number of hydrogen-bond acceptors (Lipinski definition) is 5. The average Bonchev–Trinajstić information content (AvgIpc) is 3.29. The Labute approximate surface area is 191 Å². The van der Waals surface area contributed by atoms with Crippen LogP contribution in [0, 0.1) is 0 Å². The first-order chi connectivity index (χ1) is 15.1. The summed E-state index contributed by atoms with van der Waals surface area (Å²) in [6.07, 6.45) is 0. The minimum Gasteiger partial charge on any atom is -0.323 e. The average molecular weight is 472 g/mol. The molecule has 0 atom stereocenters. The predicted octanol–water partition coefficient (Wildman–Crippen LogP) is 4.21. The van der Waals surface area contributed by atoms with Crippen LogP contribution in [-0.4, -0.2) is 26.8 Å². The largest absolute Gasteiger partial charge is 0.323 e. The molecule has 0 bridgehead atoms. The van der Waals surface area contributed by atoms with Gasteiger partial charge in [0.15, 0.2) is 0 Å². The Morgan fingerprint density at radius 3 is 2.06 bits per heavy atom. The van der Waals surface area contributed by atoms with Crippen LogP contribution in [-0.2, 0) is 20.2 Å². The van der Waals surface area contributed by atoms with Gasteiger partial charge in [0.2, 0.25) is 5.91 Å². The summed E-state index contributed by atoms with van der Waals surface area (Å²) in [4.78, 5) is 25.0. The van der Waals surface area contributed by atoms with E-state index < -0.39 is 22.5 Å². The second-order valence-corrected chi connectivity index (χ2v) is 11.1. The van der Waals surface area contributed by atoms with Crippen LogP contribution in [0.4, 0.5) is 11.4 Å². The molecule has 0 fully saturated rings. The number of rotatable bonds is 7. The highest BCUT2D eigenvalue weighted by Gasteiger charge is 2.18. The van der Waals surface area contributed by atoms with Crippen molar-refractivity contribution in [1.82, 2.24) is 4.72 Å². The Morgan fingerprint density at radius 2 is 1.50 bits per heavy atom. The molecule has 7 nitrogen and oxygen atoms in total. The van der Waals surface area contributed by atoms with Gasteiger partial charge in [-0.2, -0.15) is 0 Å². The SMILES string of the molecule is CC(C)(C)c1ccc(C(=O)Nc2ccccc2NC(=O)CNS(=O)(=O)c2cccs2)cc1. The molecule has 168 valence electrons. The molecule has 0 spiro atoms. The predicted molar refractivity (Wildman–Crippen MR) is 128 cm³/mol. The molecular weight excluding hydrogens is 446 g/mol. The smallest absolute Gasteiger partial charge is 0.255 e. The van der Waals surface area contributed by atoms with Crippen LogP contribution < -0.4 is 15.4 Å². The van der Waals surface area contributed by atoms with E-state index >= 15 is 0 Å². The zero-order valence-electron chi connectivity index (χ0n) is 18.0. The third-order valence-electron chi connectivity index (χ3n) is 4.65. The molecule has 2 amide bonds. The highest BCUT2D eigenvalue weighted by Crippen LogP contribution is 2.24. The second kappa shape index (κ2) is 9.64. The van der Waals surface area contributed by atoms with E-state index in [0.29, 0.717) is 16.9 Å². The molecule has 3 aromatic rings. The molecule has 2 aromatic carbocycles. The summed E-state index contributed by atoms with van der Waals surface area (Å²) in [6, 6.07) is 17.2. The number of thiophene rings is 1.